The summed E-state index contributed by atoms with van der Waals surface area (Å²) in [5.41, 5.74) is -1.69. The second-order valence-electron chi connectivity index (χ2n) is 6.86. The van der Waals surface area contributed by atoms with E-state index >= 15 is 0 Å². The molecule has 21 heavy (non-hydrogen) atoms. The zero-order valence-electron chi connectivity index (χ0n) is 13.1. The molecule has 5 atom stereocenters. The lowest BCUT2D eigenvalue weighted by Gasteiger charge is -2.45. The first-order valence-electron chi connectivity index (χ1n) is 7.54. The molecule has 1 N–H and O–H groups in total. The monoisotopic (exact) mass is 296 g/mol. The van der Waals surface area contributed by atoms with Crippen LogP contribution in [0.25, 0.3) is 0 Å². The zero-order valence-corrected chi connectivity index (χ0v) is 13.1. The predicted octanol–water partition coefficient (Wildman–Crippen LogP) is 1.38. The van der Waals surface area contributed by atoms with Crippen LogP contribution in [0.1, 0.15) is 40.0 Å². The van der Waals surface area contributed by atoms with E-state index in [4.69, 9.17) is 14.2 Å². The lowest BCUT2D eigenvalue weighted by atomic mass is 9.65. The molecule has 0 aromatic heterocycles. The summed E-state index contributed by atoms with van der Waals surface area (Å²) >= 11 is 0. The molecule has 0 amide bonds. The van der Waals surface area contributed by atoms with E-state index in [1.165, 1.54) is 12.7 Å². The van der Waals surface area contributed by atoms with E-state index in [0.29, 0.717) is 19.4 Å². The summed E-state index contributed by atoms with van der Waals surface area (Å²) in [6, 6.07) is 0. The van der Waals surface area contributed by atoms with Gasteiger partial charge in [-0.15, -0.1) is 0 Å². The van der Waals surface area contributed by atoms with E-state index < -0.39 is 22.9 Å². The molecule has 0 aromatic carbocycles. The molecule has 1 aliphatic carbocycles. The number of rotatable bonds is 4. The van der Waals surface area contributed by atoms with Gasteiger partial charge in [-0.05, 0) is 33.6 Å². The number of carbonyl (C=O) groups is 1. The van der Waals surface area contributed by atoms with Gasteiger partial charge < -0.3 is 19.3 Å². The van der Waals surface area contributed by atoms with Crippen LogP contribution in [0.5, 0.6) is 0 Å². The van der Waals surface area contributed by atoms with Gasteiger partial charge in [0.15, 0.2) is 11.4 Å². The van der Waals surface area contributed by atoms with Crippen molar-refractivity contribution in [3.8, 4) is 0 Å². The summed E-state index contributed by atoms with van der Waals surface area (Å²) in [5.74, 6) is -0.0705. The van der Waals surface area contributed by atoms with Crippen LogP contribution in [0.4, 0.5) is 0 Å². The lowest BCUT2D eigenvalue weighted by Crippen LogP contribution is -2.69. The van der Waals surface area contributed by atoms with Crippen molar-refractivity contribution in [3.05, 3.63) is 11.6 Å². The summed E-state index contributed by atoms with van der Waals surface area (Å²) < 4.78 is 16.8. The van der Waals surface area contributed by atoms with Crippen LogP contribution in [0.2, 0.25) is 0 Å². The number of hydrogen-bond acceptors (Lipinski definition) is 5. The highest BCUT2D eigenvalue weighted by Crippen LogP contribution is 2.61. The van der Waals surface area contributed by atoms with Gasteiger partial charge in [0.2, 0.25) is 0 Å². The van der Waals surface area contributed by atoms with Gasteiger partial charge in [0.25, 0.3) is 0 Å². The molecule has 118 valence electrons. The summed E-state index contributed by atoms with van der Waals surface area (Å²) in [4.78, 5) is 12.2. The first-order chi connectivity index (χ1) is 9.81. The maximum absolute atomic E-state index is 12.2. The number of carbonyl (C=O) groups excluding carboxylic acids is 1. The van der Waals surface area contributed by atoms with E-state index in [1.54, 1.807) is 0 Å². The second kappa shape index (κ2) is 4.62. The van der Waals surface area contributed by atoms with Gasteiger partial charge in [0.1, 0.15) is 17.3 Å². The van der Waals surface area contributed by atoms with Crippen molar-refractivity contribution in [2.24, 2.45) is 0 Å². The van der Waals surface area contributed by atoms with Gasteiger partial charge in [-0.3, -0.25) is 4.79 Å². The van der Waals surface area contributed by atoms with Crippen LogP contribution in [-0.2, 0) is 19.0 Å². The van der Waals surface area contributed by atoms with Crippen molar-refractivity contribution in [3.63, 3.8) is 0 Å². The van der Waals surface area contributed by atoms with Gasteiger partial charge in [-0.1, -0.05) is 11.6 Å². The number of Topliss-reactive ketones (excluding diaryl/α,β-unsaturated/α-hetero) is 1. The van der Waals surface area contributed by atoms with Gasteiger partial charge in [-0.25, -0.2) is 0 Å². The third-order valence-electron chi connectivity index (χ3n) is 5.31. The van der Waals surface area contributed by atoms with E-state index in [9.17, 15) is 9.90 Å². The summed E-state index contributed by atoms with van der Waals surface area (Å²) in [6.07, 6.45) is 2.75. The third kappa shape index (κ3) is 1.95. The first kappa shape index (κ1) is 15.2. The molecule has 0 aromatic rings. The van der Waals surface area contributed by atoms with Gasteiger partial charge in [-0.2, -0.15) is 0 Å². The highest BCUT2D eigenvalue weighted by atomic mass is 16.7. The fourth-order valence-electron chi connectivity index (χ4n) is 3.80. The molecule has 2 saturated heterocycles. The van der Waals surface area contributed by atoms with Crippen LogP contribution >= 0.6 is 0 Å². The minimum absolute atomic E-state index is 0.0705. The number of aliphatic hydroxyl groups is 1. The molecule has 3 rings (SSSR count). The third-order valence-corrected chi connectivity index (χ3v) is 5.31. The Bertz CT molecular complexity index is 491. The Labute approximate surface area is 125 Å². The predicted molar refractivity (Wildman–Crippen MR) is 76.0 cm³/mol. The number of methoxy groups -OCH3 is 1. The normalized spacial score (nSPS) is 48.3. The van der Waals surface area contributed by atoms with Crippen molar-refractivity contribution >= 4 is 5.78 Å². The quantitative estimate of drug-likeness (QED) is 0.627. The molecule has 1 saturated carbocycles. The van der Waals surface area contributed by atoms with Crippen molar-refractivity contribution in [2.75, 3.05) is 13.7 Å². The van der Waals surface area contributed by atoms with Gasteiger partial charge >= 0.3 is 0 Å². The molecule has 2 aliphatic heterocycles. The Balaban J connectivity index is 1.90. The minimum atomic E-state index is -1.41. The Morgan fingerprint density at radius 2 is 2.19 bits per heavy atom. The summed E-state index contributed by atoms with van der Waals surface area (Å²) in [7, 11) is 1.46. The number of ether oxygens (including phenoxy) is 3. The highest BCUT2D eigenvalue weighted by molar-refractivity contribution is 5.87. The van der Waals surface area contributed by atoms with Crippen LogP contribution in [0.3, 0.4) is 0 Å². The molecule has 0 radical (unpaired) electrons. The molecular formula is C16H24O5. The minimum Gasteiger partial charge on any atom is -0.380 e. The fraction of sp³-hybridized carbons (Fsp3) is 0.812. The van der Waals surface area contributed by atoms with Crippen molar-refractivity contribution < 1.29 is 24.1 Å². The average Bonchev–Trinajstić information content (AvgIpc) is 3.31. The van der Waals surface area contributed by atoms with Crippen LogP contribution in [0, 0.1) is 0 Å². The molecular weight excluding hydrogens is 272 g/mol. The lowest BCUT2D eigenvalue weighted by molar-refractivity contribution is -0.193. The summed E-state index contributed by atoms with van der Waals surface area (Å²) in [5, 5.41) is 11.4. The first-order valence-corrected chi connectivity index (χ1v) is 7.54. The largest absolute Gasteiger partial charge is 0.380 e. The average molecular weight is 296 g/mol. The van der Waals surface area contributed by atoms with Crippen LogP contribution in [-0.4, -0.2) is 53.6 Å². The zero-order chi connectivity index (χ0) is 15.5. The van der Waals surface area contributed by atoms with Crippen LogP contribution in [0.15, 0.2) is 11.6 Å². The molecule has 2 heterocycles. The Morgan fingerprint density at radius 1 is 1.52 bits per heavy atom. The maximum Gasteiger partial charge on any atom is 0.164 e. The number of epoxide rings is 2. The van der Waals surface area contributed by atoms with Crippen molar-refractivity contribution in [2.45, 2.75) is 69.0 Å². The van der Waals surface area contributed by atoms with Crippen LogP contribution < -0.4 is 0 Å². The summed E-state index contributed by atoms with van der Waals surface area (Å²) in [6.45, 7) is 6.39. The molecule has 3 fully saturated rings. The molecule has 3 aliphatic rings. The Morgan fingerprint density at radius 3 is 2.71 bits per heavy atom. The molecule has 5 heteroatoms. The van der Waals surface area contributed by atoms with E-state index in [0.717, 1.165) is 6.42 Å². The van der Waals surface area contributed by atoms with Crippen molar-refractivity contribution in [1.82, 2.24) is 0 Å². The van der Waals surface area contributed by atoms with Crippen molar-refractivity contribution in [1.29, 1.82) is 0 Å². The maximum atomic E-state index is 12.2. The second-order valence-corrected chi connectivity index (χ2v) is 6.86. The SMILES string of the molecule is COC1C(=O)CCC2(CO2)C1(O)[C@@]1(C)O[C@@H]1CC=C(C)C. The smallest absolute Gasteiger partial charge is 0.164 e. The number of hydrogen-bond donors (Lipinski definition) is 1. The molecule has 1 spiro atoms. The van der Waals surface area contributed by atoms with Gasteiger partial charge in [0, 0.05) is 13.5 Å². The fourth-order valence-corrected chi connectivity index (χ4v) is 3.80. The van der Waals surface area contributed by atoms with Gasteiger partial charge in [0.05, 0.1) is 12.7 Å². The van der Waals surface area contributed by atoms with E-state index in [-0.39, 0.29) is 11.9 Å². The highest BCUT2D eigenvalue weighted by Gasteiger charge is 2.81. The number of ketones is 1. The topological polar surface area (TPSA) is 71.6 Å². The standard InChI is InChI=1S/C16H24O5/c1-10(2)5-6-12-14(3,21-12)16(18)13(19-4)11(17)7-8-15(16)9-20-15/h5,12-13,18H,6-9H2,1-4H3/t12-,13?,14+,15?,16?/m1/s1. The molecule has 5 nitrogen and oxygen atoms in total. The van der Waals surface area contributed by atoms with E-state index in [2.05, 4.69) is 6.08 Å². The molecule has 3 unspecified atom stereocenters. The number of allylic oxidation sites excluding steroid dienone is 1. The Kier molecular flexibility index (Phi) is 3.34. The molecule has 0 bridgehead atoms. The Hall–Kier alpha value is -0.750. The van der Waals surface area contributed by atoms with E-state index in [1.807, 2.05) is 20.8 Å².